The SMILES string of the molecule is C=CCN1CC[C@]2(CN(C(=O)c3cc(C)cs3)C[C@H]2C)C1=O. The van der Waals surface area contributed by atoms with Crippen LogP contribution in [0.4, 0.5) is 0 Å². The first-order valence-corrected chi connectivity index (χ1v) is 8.60. The van der Waals surface area contributed by atoms with Gasteiger partial charge in [0.25, 0.3) is 5.91 Å². The Balaban J connectivity index is 1.79. The first kappa shape index (κ1) is 15.3. The van der Waals surface area contributed by atoms with Crippen molar-refractivity contribution in [3.05, 3.63) is 34.5 Å². The van der Waals surface area contributed by atoms with E-state index in [9.17, 15) is 9.59 Å². The van der Waals surface area contributed by atoms with Gasteiger partial charge in [-0.1, -0.05) is 13.0 Å². The van der Waals surface area contributed by atoms with Crippen molar-refractivity contribution in [2.45, 2.75) is 20.3 Å². The lowest BCUT2D eigenvalue weighted by atomic mass is 9.78. The summed E-state index contributed by atoms with van der Waals surface area (Å²) in [5, 5.41) is 2.00. The van der Waals surface area contributed by atoms with Gasteiger partial charge in [-0.25, -0.2) is 0 Å². The lowest BCUT2D eigenvalue weighted by Gasteiger charge is -2.26. The second-order valence-corrected chi connectivity index (χ2v) is 7.43. The van der Waals surface area contributed by atoms with E-state index < -0.39 is 0 Å². The van der Waals surface area contributed by atoms with Crippen LogP contribution in [0.1, 0.15) is 28.6 Å². The topological polar surface area (TPSA) is 40.6 Å². The van der Waals surface area contributed by atoms with Crippen LogP contribution >= 0.6 is 11.3 Å². The van der Waals surface area contributed by atoms with Crippen molar-refractivity contribution >= 4 is 23.2 Å². The number of carbonyl (C=O) groups is 2. The van der Waals surface area contributed by atoms with E-state index in [4.69, 9.17) is 0 Å². The quantitative estimate of drug-likeness (QED) is 0.804. The minimum Gasteiger partial charge on any atom is -0.338 e. The summed E-state index contributed by atoms with van der Waals surface area (Å²) < 4.78 is 0. The molecule has 5 heteroatoms. The third-order valence-electron chi connectivity index (χ3n) is 5.03. The number of amides is 2. The zero-order valence-corrected chi connectivity index (χ0v) is 14.0. The molecular formula is C17H22N2O2S. The van der Waals surface area contributed by atoms with Crippen molar-refractivity contribution in [1.29, 1.82) is 0 Å². The Labute approximate surface area is 135 Å². The van der Waals surface area contributed by atoms with Crippen LogP contribution in [0, 0.1) is 18.3 Å². The van der Waals surface area contributed by atoms with E-state index in [0.717, 1.165) is 23.4 Å². The summed E-state index contributed by atoms with van der Waals surface area (Å²) in [6.07, 6.45) is 2.61. The molecule has 0 saturated carbocycles. The van der Waals surface area contributed by atoms with Crippen molar-refractivity contribution in [3.63, 3.8) is 0 Å². The van der Waals surface area contributed by atoms with E-state index >= 15 is 0 Å². The lowest BCUT2D eigenvalue weighted by molar-refractivity contribution is -0.136. The zero-order chi connectivity index (χ0) is 15.9. The third-order valence-corrected chi connectivity index (χ3v) is 6.07. The standard InChI is InChI=1S/C17H22N2O2S/c1-4-6-18-7-5-17(16(18)21)11-19(9-13(17)3)15(20)14-8-12(2)10-22-14/h4,8,10,13H,1,5-7,9,11H2,2-3H3/t13-,17-/m1/s1. The number of hydrogen-bond acceptors (Lipinski definition) is 3. The highest BCUT2D eigenvalue weighted by molar-refractivity contribution is 7.12. The van der Waals surface area contributed by atoms with Gasteiger partial charge >= 0.3 is 0 Å². The Hall–Kier alpha value is -1.62. The summed E-state index contributed by atoms with van der Waals surface area (Å²) in [5.41, 5.74) is 0.731. The Morgan fingerprint density at radius 1 is 1.59 bits per heavy atom. The summed E-state index contributed by atoms with van der Waals surface area (Å²) >= 11 is 1.49. The monoisotopic (exact) mass is 318 g/mol. The number of aryl methyl sites for hydroxylation is 1. The maximum absolute atomic E-state index is 12.8. The molecule has 0 aromatic carbocycles. The van der Waals surface area contributed by atoms with Crippen LogP contribution < -0.4 is 0 Å². The molecule has 3 heterocycles. The Kier molecular flexibility index (Phi) is 3.85. The summed E-state index contributed by atoms with van der Waals surface area (Å²) in [7, 11) is 0. The molecule has 0 N–H and O–H groups in total. The third kappa shape index (κ3) is 2.28. The maximum Gasteiger partial charge on any atom is 0.263 e. The van der Waals surface area contributed by atoms with Gasteiger partial charge < -0.3 is 9.80 Å². The molecule has 2 aliphatic heterocycles. The van der Waals surface area contributed by atoms with Crippen LogP contribution in [-0.4, -0.2) is 47.8 Å². The molecular weight excluding hydrogens is 296 g/mol. The van der Waals surface area contributed by atoms with Crippen LogP contribution in [0.5, 0.6) is 0 Å². The Morgan fingerprint density at radius 3 is 3.00 bits per heavy atom. The molecule has 2 fully saturated rings. The molecule has 4 nitrogen and oxygen atoms in total. The van der Waals surface area contributed by atoms with Crippen LogP contribution in [0.25, 0.3) is 0 Å². The molecule has 22 heavy (non-hydrogen) atoms. The highest BCUT2D eigenvalue weighted by atomic mass is 32.1. The molecule has 1 aromatic heterocycles. The molecule has 0 bridgehead atoms. The predicted octanol–water partition coefficient (Wildman–Crippen LogP) is 2.55. The highest BCUT2D eigenvalue weighted by Gasteiger charge is 2.55. The maximum atomic E-state index is 12.8. The molecule has 2 atom stereocenters. The lowest BCUT2D eigenvalue weighted by Crippen LogP contribution is -2.40. The second kappa shape index (κ2) is 5.54. The van der Waals surface area contributed by atoms with Gasteiger partial charge in [-0.3, -0.25) is 9.59 Å². The van der Waals surface area contributed by atoms with Gasteiger partial charge in [-0.05, 0) is 36.3 Å². The minimum atomic E-state index is -0.384. The molecule has 0 aliphatic carbocycles. The molecule has 1 aromatic rings. The summed E-state index contributed by atoms with van der Waals surface area (Å²) in [5.74, 6) is 0.467. The molecule has 1 spiro atoms. The fraction of sp³-hybridized carbons (Fsp3) is 0.529. The molecule has 0 radical (unpaired) electrons. The van der Waals surface area contributed by atoms with Gasteiger partial charge in [0.15, 0.2) is 0 Å². The summed E-state index contributed by atoms with van der Waals surface area (Å²) in [4.78, 5) is 29.9. The molecule has 3 rings (SSSR count). The molecule has 2 aliphatic rings. The summed E-state index contributed by atoms with van der Waals surface area (Å²) in [6, 6.07) is 1.93. The average Bonchev–Trinajstić information content (AvgIpc) is 3.14. The van der Waals surface area contributed by atoms with Crippen LogP contribution in [0.15, 0.2) is 24.1 Å². The van der Waals surface area contributed by atoms with Gasteiger partial charge in [-0.2, -0.15) is 0 Å². The van der Waals surface area contributed by atoms with Gasteiger partial charge in [0, 0.05) is 26.2 Å². The number of hydrogen-bond donors (Lipinski definition) is 0. The largest absolute Gasteiger partial charge is 0.338 e. The Morgan fingerprint density at radius 2 is 2.36 bits per heavy atom. The van der Waals surface area contributed by atoms with Crippen molar-refractivity contribution in [3.8, 4) is 0 Å². The highest BCUT2D eigenvalue weighted by Crippen LogP contribution is 2.45. The smallest absolute Gasteiger partial charge is 0.263 e. The van der Waals surface area contributed by atoms with E-state index in [2.05, 4.69) is 13.5 Å². The number of rotatable bonds is 3. The van der Waals surface area contributed by atoms with Gasteiger partial charge in [0.2, 0.25) is 5.91 Å². The van der Waals surface area contributed by atoms with Crippen molar-refractivity contribution in [2.24, 2.45) is 11.3 Å². The summed E-state index contributed by atoms with van der Waals surface area (Å²) in [6.45, 7) is 10.4. The molecule has 2 amide bonds. The van der Waals surface area contributed by atoms with E-state index in [1.165, 1.54) is 11.3 Å². The fourth-order valence-electron chi connectivity index (χ4n) is 3.71. The average molecular weight is 318 g/mol. The zero-order valence-electron chi connectivity index (χ0n) is 13.2. The van der Waals surface area contributed by atoms with E-state index in [0.29, 0.717) is 19.6 Å². The second-order valence-electron chi connectivity index (χ2n) is 6.52. The molecule has 2 saturated heterocycles. The number of carbonyl (C=O) groups excluding carboxylic acids is 2. The van der Waals surface area contributed by atoms with Gasteiger partial charge in [0.1, 0.15) is 0 Å². The fourth-order valence-corrected chi connectivity index (χ4v) is 4.58. The number of nitrogens with zero attached hydrogens (tertiary/aromatic N) is 2. The van der Waals surface area contributed by atoms with Crippen LogP contribution in [0.3, 0.4) is 0 Å². The first-order chi connectivity index (χ1) is 10.5. The Bertz CT molecular complexity index is 624. The van der Waals surface area contributed by atoms with Crippen molar-refractivity contribution in [1.82, 2.24) is 9.80 Å². The van der Waals surface area contributed by atoms with E-state index in [1.54, 1.807) is 6.08 Å². The predicted molar refractivity (Wildman–Crippen MR) is 88.0 cm³/mol. The normalized spacial score (nSPS) is 27.9. The van der Waals surface area contributed by atoms with E-state index in [-0.39, 0.29) is 23.1 Å². The number of likely N-dealkylation sites (tertiary alicyclic amines) is 2. The van der Waals surface area contributed by atoms with Gasteiger partial charge in [0.05, 0.1) is 10.3 Å². The van der Waals surface area contributed by atoms with Crippen molar-refractivity contribution in [2.75, 3.05) is 26.2 Å². The van der Waals surface area contributed by atoms with Crippen LogP contribution in [0.2, 0.25) is 0 Å². The first-order valence-electron chi connectivity index (χ1n) is 7.72. The van der Waals surface area contributed by atoms with Crippen molar-refractivity contribution < 1.29 is 9.59 Å². The van der Waals surface area contributed by atoms with E-state index in [1.807, 2.05) is 28.2 Å². The molecule has 118 valence electrons. The minimum absolute atomic E-state index is 0.0665. The number of thiophene rings is 1. The molecule has 0 unspecified atom stereocenters. The van der Waals surface area contributed by atoms with Crippen LogP contribution in [-0.2, 0) is 4.79 Å². The van der Waals surface area contributed by atoms with Gasteiger partial charge in [-0.15, -0.1) is 17.9 Å².